The highest BCUT2D eigenvalue weighted by Crippen LogP contribution is 2.11. The molecule has 1 aromatic carbocycles. The van der Waals surface area contributed by atoms with Gasteiger partial charge in [0.1, 0.15) is 18.2 Å². The molecule has 0 aromatic heterocycles. The SMILES string of the molecule is CC(COc1ccc(F)cc1)NC(=O)NC(C(N)=O)C(N)=O. The number of ether oxygens (including phenoxy) is 1. The summed E-state index contributed by atoms with van der Waals surface area (Å²) in [5, 5.41) is 4.49. The summed E-state index contributed by atoms with van der Waals surface area (Å²) in [6.45, 7) is 1.73. The molecule has 0 saturated heterocycles. The van der Waals surface area contributed by atoms with E-state index in [1.54, 1.807) is 6.92 Å². The van der Waals surface area contributed by atoms with Crippen molar-refractivity contribution in [2.45, 2.75) is 19.0 Å². The molecule has 1 aromatic rings. The Labute approximate surface area is 126 Å². The Balaban J connectivity index is 2.42. The summed E-state index contributed by atoms with van der Waals surface area (Å²) < 4.78 is 18.0. The van der Waals surface area contributed by atoms with Crippen molar-refractivity contribution in [3.05, 3.63) is 30.1 Å². The molecule has 0 heterocycles. The molecule has 4 amide bonds. The van der Waals surface area contributed by atoms with Gasteiger partial charge in [0.05, 0.1) is 6.04 Å². The van der Waals surface area contributed by atoms with E-state index >= 15 is 0 Å². The van der Waals surface area contributed by atoms with Gasteiger partial charge in [-0.3, -0.25) is 9.59 Å². The fourth-order valence-electron chi connectivity index (χ4n) is 1.47. The molecule has 0 saturated carbocycles. The van der Waals surface area contributed by atoms with E-state index < -0.39 is 29.9 Å². The van der Waals surface area contributed by atoms with Crippen LogP contribution in [0.25, 0.3) is 0 Å². The first-order valence-corrected chi connectivity index (χ1v) is 6.33. The van der Waals surface area contributed by atoms with Crippen molar-refractivity contribution < 1.29 is 23.5 Å². The molecule has 6 N–H and O–H groups in total. The molecule has 9 heteroatoms. The van der Waals surface area contributed by atoms with Gasteiger partial charge in [-0.1, -0.05) is 0 Å². The van der Waals surface area contributed by atoms with Crippen LogP contribution in [0, 0.1) is 5.82 Å². The molecular weight excluding hydrogens is 295 g/mol. The van der Waals surface area contributed by atoms with E-state index in [2.05, 4.69) is 5.32 Å². The lowest BCUT2D eigenvalue weighted by molar-refractivity contribution is -0.128. The normalized spacial score (nSPS) is 11.6. The number of urea groups is 1. The van der Waals surface area contributed by atoms with Crippen LogP contribution in [-0.4, -0.2) is 36.5 Å². The number of hydrogen-bond donors (Lipinski definition) is 4. The number of amides is 4. The number of carbonyl (C=O) groups is 3. The monoisotopic (exact) mass is 312 g/mol. The molecule has 0 aliphatic rings. The second kappa shape index (κ2) is 7.81. The first-order chi connectivity index (χ1) is 10.3. The highest BCUT2D eigenvalue weighted by atomic mass is 19.1. The van der Waals surface area contributed by atoms with Crippen molar-refractivity contribution in [2.24, 2.45) is 11.5 Å². The average Bonchev–Trinajstić information content (AvgIpc) is 2.43. The minimum atomic E-state index is -1.59. The summed E-state index contributed by atoms with van der Waals surface area (Å²) in [5.74, 6) is -2.07. The van der Waals surface area contributed by atoms with Gasteiger partial charge in [0.25, 0.3) is 0 Å². The molecule has 22 heavy (non-hydrogen) atoms. The van der Waals surface area contributed by atoms with Gasteiger partial charge in [0.2, 0.25) is 11.8 Å². The maximum atomic E-state index is 12.7. The van der Waals surface area contributed by atoms with Gasteiger partial charge >= 0.3 is 6.03 Å². The van der Waals surface area contributed by atoms with Crippen LogP contribution in [0.1, 0.15) is 6.92 Å². The third-order valence-corrected chi connectivity index (χ3v) is 2.54. The van der Waals surface area contributed by atoms with E-state index in [-0.39, 0.29) is 12.4 Å². The van der Waals surface area contributed by atoms with Crippen molar-refractivity contribution in [2.75, 3.05) is 6.61 Å². The standard InChI is InChI=1S/C13H17FN4O4/c1-7(6-22-9-4-2-8(14)3-5-9)17-13(21)18-10(11(15)19)12(16)20/h2-5,7,10H,6H2,1H3,(H2,15,19)(H2,16,20)(H2,17,18,21). The number of carbonyl (C=O) groups excluding carboxylic acids is 3. The van der Waals surface area contributed by atoms with Gasteiger partial charge in [0.15, 0.2) is 6.04 Å². The van der Waals surface area contributed by atoms with E-state index in [4.69, 9.17) is 16.2 Å². The maximum Gasteiger partial charge on any atom is 0.316 e. The van der Waals surface area contributed by atoms with Crippen LogP contribution in [-0.2, 0) is 9.59 Å². The Morgan fingerprint density at radius 2 is 1.68 bits per heavy atom. The quantitative estimate of drug-likeness (QED) is 0.491. The minimum Gasteiger partial charge on any atom is -0.491 e. The maximum absolute atomic E-state index is 12.7. The number of nitrogens with two attached hydrogens (primary N) is 2. The van der Waals surface area contributed by atoms with Crippen LogP contribution in [0.3, 0.4) is 0 Å². The molecule has 0 radical (unpaired) electrons. The Morgan fingerprint density at radius 1 is 1.14 bits per heavy atom. The number of primary amides is 2. The molecule has 1 atom stereocenters. The van der Waals surface area contributed by atoms with E-state index in [9.17, 15) is 18.8 Å². The van der Waals surface area contributed by atoms with E-state index in [1.165, 1.54) is 24.3 Å². The Morgan fingerprint density at radius 3 is 2.18 bits per heavy atom. The van der Waals surface area contributed by atoms with Crippen molar-refractivity contribution in [1.82, 2.24) is 10.6 Å². The molecule has 0 fully saturated rings. The Bertz CT molecular complexity index is 535. The van der Waals surface area contributed by atoms with Gasteiger partial charge in [-0.25, -0.2) is 9.18 Å². The van der Waals surface area contributed by atoms with Crippen molar-refractivity contribution >= 4 is 17.8 Å². The number of benzene rings is 1. The van der Waals surface area contributed by atoms with Crippen LogP contribution in [0.4, 0.5) is 9.18 Å². The molecule has 120 valence electrons. The third kappa shape index (κ3) is 5.65. The summed E-state index contributed by atoms with van der Waals surface area (Å²) in [6.07, 6.45) is 0. The van der Waals surface area contributed by atoms with Gasteiger partial charge in [0, 0.05) is 0 Å². The summed E-state index contributed by atoms with van der Waals surface area (Å²) in [5.41, 5.74) is 9.85. The lowest BCUT2D eigenvalue weighted by Crippen LogP contribution is -2.56. The van der Waals surface area contributed by atoms with Crippen LogP contribution in [0.5, 0.6) is 5.75 Å². The average molecular weight is 312 g/mol. The van der Waals surface area contributed by atoms with Gasteiger partial charge < -0.3 is 26.8 Å². The molecule has 1 rings (SSSR count). The predicted octanol–water partition coefficient (Wildman–Crippen LogP) is -0.769. The fourth-order valence-corrected chi connectivity index (χ4v) is 1.47. The fraction of sp³-hybridized carbons (Fsp3) is 0.308. The minimum absolute atomic E-state index is 0.0941. The Hall–Kier alpha value is -2.84. The van der Waals surface area contributed by atoms with E-state index in [1.807, 2.05) is 5.32 Å². The van der Waals surface area contributed by atoms with Crippen molar-refractivity contribution in [1.29, 1.82) is 0 Å². The summed E-state index contributed by atoms with van der Waals surface area (Å²) in [4.78, 5) is 33.4. The smallest absolute Gasteiger partial charge is 0.316 e. The van der Waals surface area contributed by atoms with Crippen LogP contribution >= 0.6 is 0 Å². The predicted molar refractivity (Wildman–Crippen MR) is 75.2 cm³/mol. The molecule has 8 nitrogen and oxygen atoms in total. The van der Waals surface area contributed by atoms with Gasteiger partial charge in [-0.15, -0.1) is 0 Å². The van der Waals surface area contributed by atoms with E-state index in [0.29, 0.717) is 5.75 Å². The first kappa shape index (κ1) is 17.2. The zero-order chi connectivity index (χ0) is 16.7. The van der Waals surface area contributed by atoms with Gasteiger partial charge in [-0.05, 0) is 31.2 Å². The number of nitrogens with one attached hydrogen (secondary N) is 2. The van der Waals surface area contributed by atoms with Crippen LogP contribution < -0.4 is 26.8 Å². The highest BCUT2D eigenvalue weighted by molar-refractivity contribution is 6.05. The number of rotatable bonds is 7. The topological polar surface area (TPSA) is 137 Å². The van der Waals surface area contributed by atoms with Crippen molar-refractivity contribution in [3.63, 3.8) is 0 Å². The second-order valence-electron chi connectivity index (χ2n) is 4.52. The van der Waals surface area contributed by atoms with Crippen LogP contribution in [0.15, 0.2) is 24.3 Å². The number of halogens is 1. The van der Waals surface area contributed by atoms with E-state index in [0.717, 1.165) is 0 Å². The Kier molecular flexibility index (Phi) is 6.11. The molecular formula is C13H17FN4O4. The zero-order valence-corrected chi connectivity index (χ0v) is 11.8. The van der Waals surface area contributed by atoms with Crippen molar-refractivity contribution in [3.8, 4) is 5.75 Å². The molecule has 1 unspecified atom stereocenters. The molecule has 0 spiro atoms. The lowest BCUT2D eigenvalue weighted by Gasteiger charge is -2.17. The summed E-state index contributed by atoms with van der Waals surface area (Å²) in [6, 6.07) is 2.53. The largest absolute Gasteiger partial charge is 0.491 e. The molecule has 0 bridgehead atoms. The first-order valence-electron chi connectivity index (χ1n) is 6.33. The third-order valence-electron chi connectivity index (χ3n) is 2.54. The molecule has 0 aliphatic heterocycles. The number of hydrogen-bond acceptors (Lipinski definition) is 4. The zero-order valence-electron chi connectivity index (χ0n) is 11.8. The second-order valence-corrected chi connectivity index (χ2v) is 4.52. The van der Waals surface area contributed by atoms with Crippen LogP contribution in [0.2, 0.25) is 0 Å². The summed E-state index contributed by atoms with van der Waals surface area (Å²) >= 11 is 0. The highest BCUT2D eigenvalue weighted by Gasteiger charge is 2.24. The lowest BCUT2D eigenvalue weighted by atomic mass is 10.2. The van der Waals surface area contributed by atoms with Gasteiger partial charge in [-0.2, -0.15) is 0 Å². The summed E-state index contributed by atoms with van der Waals surface area (Å²) in [7, 11) is 0. The molecule has 0 aliphatic carbocycles.